The normalized spacial score (nSPS) is 12.6. The molecule has 0 aliphatic carbocycles. The molecule has 27 heavy (non-hydrogen) atoms. The van der Waals surface area contributed by atoms with Gasteiger partial charge in [-0.25, -0.2) is 4.79 Å². The molecule has 2 rings (SSSR count). The highest BCUT2D eigenvalue weighted by Crippen LogP contribution is 2.23. The molecule has 8 heteroatoms. The predicted octanol–water partition coefficient (Wildman–Crippen LogP) is 2.34. The molecule has 0 fully saturated rings. The summed E-state index contributed by atoms with van der Waals surface area (Å²) in [5.74, 6) is -1.89. The number of ether oxygens (including phenoxy) is 1. The van der Waals surface area contributed by atoms with E-state index in [9.17, 15) is 18.0 Å². The van der Waals surface area contributed by atoms with E-state index in [1.807, 2.05) is 43.3 Å². The molecule has 1 atom stereocenters. The lowest BCUT2D eigenvalue weighted by Gasteiger charge is -2.19. The van der Waals surface area contributed by atoms with Gasteiger partial charge in [0.05, 0.1) is 17.9 Å². The van der Waals surface area contributed by atoms with Crippen molar-refractivity contribution in [3.8, 4) is 0 Å². The number of esters is 1. The molecule has 0 aromatic heterocycles. The Labute approximate surface area is 158 Å². The fourth-order valence-electron chi connectivity index (χ4n) is 2.87. The van der Waals surface area contributed by atoms with E-state index in [0.717, 1.165) is 16.3 Å². The van der Waals surface area contributed by atoms with E-state index >= 15 is 0 Å². The SMILES string of the molecule is CCOC(=O)[C@H](CCS(=O)(=O)O)NC(=O)c1c(CC)ccc2ccccc12. The van der Waals surface area contributed by atoms with Crippen molar-refractivity contribution in [3.05, 3.63) is 47.5 Å². The van der Waals surface area contributed by atoms with Gasteiger partial charge in [-0.2, -0.15) is 8.42 Å². The first-order chi connectivity index (χ1) is 12.8. The summed E-state index contributed by atoms with van der Waals surface area (Å²) >= 11 is 0. The van der Waals surface area contributed by atoms with E-state index in [0.29, 0.717) is 12.0 Å². The first-order valence-corrected chi connectivity index (χ1v) is 10.3. The summed E-state index contributed by atoms with van der Waals surface area (Å²) in [7, 11) is -4.27. The minimum absolute atomic E-state index is 0.0888. The molecule has 2 aromatic carbocycles. The van der Waals surface area contributed by atoms with Crippen LogP contribution in [0.4, 0.5) is 0 Å². The molecular weight excluding hydrogens is 370 g/mol. The summed E-state index contributed by atoms with van der Waals surface area (Å²) in [6.45, 7) is 3.62. The van der Waals surface area contributed by atoms with Crippen molar-refractivity contribution in [3.63, 3.8) is 0 Å². The van der Waals surface area contributed by atoms with Gasteiger partial charge in [-0.15, -0.1) is 0 Å². The Bertz CT molecular complexity index is 938. The Morgan fingerprint density at radius 2 is 1.85 bits per heavy atom. The molecule has 0 heterocycles. The number of aryl methyl sites for hydroxylation is 1. The van der Waals surface area contributed by atoms with Crippen LogP contribution in [0.5, 0.6) is 0 Å². The van der Waals surface area contributed by atoms with Crippen molar-refractivity contribution in [1.29, 1.82) is 0 Å². The van der Waals surface area contributed by atoms with Crippen molar-refractivity contribution in [2.45, 2.75) is 32.7 Å². The first-order valence-electron chi connectivity index (χ1n) is 8.70. The van der Waals surface area contributed by atoms with E-state index in [-0.39, 0.29) is 13.0 Å². The van der Waals surface area contributed by atoms with Crippen LogP contribution in [0, 0.1) is 0 Å². The number of benzene rings is 2. The van der Waals surface area contributed by atoms with Crippen LogP contribution in [0.3, 0.4) is 0 Å². The number of nitrogens with one attached hydrogen (secondary N) is 1. The van der Waals surface area contributed by atoms with E-state index in [4.69, 9.17) is 9.29 Å². The third kappa shape index (κ3) is 5.51. The van der Waals surface area contributed by atoms with Gasteiger partial charge in [-0.1, -0.05) is 43.3 Å². The van der Waals surface area contributed by atoms with E-state index < -0.39 is 33.8 Å². The van der Waals surface area contributed by atoms with Gasteiger partial charge < -0.3 is 10.1 Å². The lowest BCUT2D eigenvalue weighted by atomic mass is 9.96. The van der Waals surface area contributed by atoms with Crippen LogP contribution < -0.4 is 5.32 Å². The van der Waals surface area contributed by atoms with Crippen LogP contribution >= 0.6 is 0 Å². The standard InChI is InChI=1S/C19H23NO6S/c1-3-13-9-10-14-7-5-6-8-15(14)17(13)18(21)20-16(19(22)26-4-2)11-12-27(23,24)25/h5-10,16H,3-4,11-12H2,1-2H3,(H,20,21)(H,23,24,25)/t16-/m0/s1. The van der Waals surface area contributed by atoms with Crippen molar-refractivity contribution in [2.75, 3.05) is 12.4 Å². The van der Waals surface area contributed by atoms with Gasteiger partial charge >= 0.3 is 5.97 Å². The number of fused-ring (bicyclic) bond motifs is 1. The molecule has 7 nitrogen and oxygen atoms in total. The van der Waals surface area contributed by atoms with Crippen LogP contribution in [0.25, 0.3) is 10.8 Å². The highest BCUT2D eigenvalue weighted by atomic mass is 32.2. The number of hydrogen-bond acceptors (Lipinski definition) is 5. The molecule has 0 aliphatic heterocycles. The second kappa shape index (κ2) is 8.96. The van der Waals surface area contributed by atoms with Gasteiger partial charge in [-0.3, -0.25) is 9.35 Å². The molecule has 0 aliphatic rings. The van der Waals surface area contributed by atoms with Crippen LogP contribution in [0.2, 0.25) is 0 Å². The van der Waals surface area contributed by atoms with Gasteiger partial charge in [0.15, 0.2) is 0 Å². The monoisotopic (exact) mass is 393 g/mol. The third-order valence-electron chi connectivity index (χ3n) is 4.16. The summed E-state index contributed by atoms with van der Waals surface area (Å²) in [5.41, 5.74) is 1.25. The maximum absolute atomic E-state index is 13.0. The highest BCUT2D eigenvalue weighted by Gasteiger charge is 2.26. The van der Waals surface area contributed by atoms with Crippen LogP contribution in [-0.4, -0.2) is 43.2 Å². The number of amides is 1. The van der Waals surface area contributed by atoms with Gasteiger partial charge in [0.25, 0.3) is 16.0 Å². The Kier molecular flexibility index (Phi) is 6.92. The summed E-state index contributed by atoms with van der Waals surface area (Å²) < 4.78 is 36.0. The molecule has 1 amide bonds. The van der Waals surface area contributed by atoms with E-state index in [1.165, 1.54) is 0 Å². The second-order valence-electron chi connectivity index (χ2n) is 6.03. The fraction of sp³-hybridized carbons (Fsp3) is 0.368. The molecule has 0 bridgehead atoms. The third-order valence-corrected chi connectivity index (χ3v) is 4.92. The molecular formula is C19H23NO6S. The smallest absolute Gasteiger partial charge is 0.328 e. The Hall–Kier alpha value is -2.45. The van der Waals surface area contributed by atoms with Crippen LogP contribution in [-0.2, 0) is 26.1 Å². The Morgan fingerprint density at radius 3 is 2.48 bits per heavy atom. The molecule has 0 spiro atoms. The van der Waals surface area contributed by atoms with Crippen molar-refractivity contribution in [2.24, 2.45) is 0 Å². The number of carbonyl (C=O) groups is 2. The highest BCUT2D eigenvalue weighted by molar-refractivity contribution is 7.85. The molecule has 0 radical (unpaired) electrons. The predicted molar refractivity (Wildman–Crippen MR) is 102 cm³/mol. The minimum atomic E-state index is -4.27. The first kappa shape index (κ1) is 20.9. The minimum Gasteiger partial charge on any atom is -0.464 e. The molecule has 2 aromatic rings. The molecule has 0 unspecified atom stereocenters. The largest absolute Gasteiger partial charge is 0.464 e. The Morgan fingerprint density at radius 1 is 1.15 bits per heavy atom. The van der Waals surface area contributed by atoms with Crippen LogP contribution in [0.15, 0.2) is 36.4 Å². The lowest BCUT2D eigenvalue weighted by Crippen LogP contribution is -2.43. The second-order valence-corrected chi connectivity index (χ2v) is 7.60. The lowest BCUT2D eigenvalue weighted by molar-refractivity contribution is -0.145. The summed E-state index contributed by atoms with van der Waals surface area (Å²) in [6, 6.07) is 9.99. The quantitative estimate of drug-likeness (QED) is 0.526. The van der Waals surface area contributed by atoms with Gasteiger partial charge in [0.2, 0.25) is 0 Å². The average molecular weight is 393 g/mol. The van der Waals surface area contributed by atoms with Crippen molar-refractivity contribution >= 4 is 32.8 Å². The average Bonchev–Trinajstić information content (AvgIpc) is 2.63. The maximum Gasteiger partial charge on any atom is 0.328 e. The van der Waals surface area contributed by atoms with Crippen molar-refractivity contribution in [1.82, 2.24) is 5.32 Å². The number of hydrogen-bond donors (Lipinski definition) is 2. The van der Waals surface area contributed by atoms with E-state index in [1.54, 1.807) is 6.92 Å². The number of rotatable bonds is 8. The zero-order chi connectivity index (χ0) is 20.0. The summed E-state index contributed by atoms with van der Waals surface area (Å²) in [4.78, 5) is 25.1. The van der Waals surface area contributed by atoms with E-state index in [2.05, 4.69) is 5.32 Å². The zero-order valence-electron chi connectivity index (χ0n) is 15.3. The van der Waals surface area contributed by atoms with Crippen LogP contribution in [0.1, 0.15) is 36.2 Å². The zero-order valence-corrected chi connectivity index (χ0v) is 16.1. The fourth-order valence-corrected chi connectivity index (χ4v) is 3.40. The topological polar surface area (TPSA) is 110 Å². The molecule has 0 saturated carbocycles. The Balaban J connectivity index is 2.36. The maximum atomic E-state index is 13.0. The summed E-state index contributed by atoms with van der Waals surface area (Å²) in [6.07, 6.45) is 0.332. The van der Waals surface area contributed by atoms with Gasteiger partial charge in [0, 0.05) is 0 Å². The van der Waals surface area contributed by atoms with Gasteiger partial charge in [-0.05, 0) is 36.1 Å². The van der Waals surface area contributed by atoms with Gasteiger partial charge in [0.1, 0.15) is 6.04 Å². The van der Waals surface area contributed by atoms with Crippen molar-refractivity contribution < 1.29 is 27.3 Å². The summed E-state index contributed by atoms with van der Waals surface area (Å²) in [5, 5.41) is 4.19. The molecule has 146 valence electrons. The number of carbonyl (C=O) groups excluding carboxylic acids is 2. The molecule has 2 N–H and O–H groups in total. The molecule has 0 saturated heterocycles.